The zero-order valence-corrected chi connectivity index (χ0v) is 10.2. The van der Waals surface area contributed by atoms with Gasteiger partial charge in [0.15, 0.2) is 0 Å². The van der Waals surface area contributed by atoms with Crippen LogP contribution in [0.1, 0.15) is 0 Å². The van der Waals surface area contributed by atoms with Crippen LogP contribution in [0.3, 0.4) is 0 Å². The Hall–Kier alpha value is -0.700. The molecule has 1 fully saturated rings. The number of hydrogen-bond donors (Lipinski definition) is 1. The lowest BCUT2D eigenvalue weighted by atomic mass is 10.4. The number of amides is 1. The highest BCUT2D eigenvalue weighted by molar-refractivity contribution is 7.99. The van der Waals surface area contributed by atoms with Crippen LogP contribution in [-0.4, -0.2) is 61.7 Å². The molecule has 1 aliphatic rings. The van der Waals surface area contributed by atoms with E-state index in [4.69, 9.17) is 11.2 Å². The largest absolute Gasteiger partial charge is 0.378 e. The summed E-state index contributed by atoms with van der Waals surface area (Å²) in [6.07, 6.45) is 5.13. The molecule has 4 nitrogen and oxygen atoms in total. The van der Waals surface area contributed by atoms with Crippen LogP contribution >= 0.6 is 11.8 Å². The Kier molecular flexibility index (Phi) is 7.06. The minimum absolute atomic E-state index is 0.158. The fourth-order valence-corrected chi connectivity index (χ4v) is 1.95. The number of ether oxygens (including phenoxy) is 1. The average Bonchev–Trinajstić information content (AvgIpc) is 2.34. The van der Waals surface area contributed by atoms with Gasteiger partial charge >= 0.3 is 0 Å². The average molecular weight is 242 g/mol. The van der Waals surface area contributed by atoms with Crippen LogP contribution < -0.4 is 5.32 Å². The molecule has 0 saturated carbocycles. The molecular weight excluding hydrogens is 224 g/mol. The summed E-state index contributed by atoms with van der Waals surface area (Å²) in [6, 6.07) is 0. The summed E-state index contributed by atoms with van der Waals surface area (Å²) in [5, 5.41) is 3.12. The van der Waals surface area contributed by atoms with Crippen LogP contribution in [0.5, 0.6) is 0 Å². The van der Waals surface area contributed by atoms with Crippen molar-refractivity contribution < 1.29 is 9.53 Å². The Balaban J connectivity index is 1.99. The second-order valence-corrected chi connectivity index (χ2v) is 4.53. The van der Waals surface area contributed by atoms with Gasteiger partial charge in [0.2, 0.25) is 5.91 Å². The lowest BCUT2D eigenvalue weighted by Gasteiger charge is -2.26. The Morgan fingerprint density at radius 1 is 1.50 bits per heavy atom. The molecule has 1 amide bonds. The number of hydrogen-bond acceptors (Lipinski definition) is 4. The molecule has 1 saturated heterocycles. The summed E-state index contributed by atoms with van der Waals surface area (Å²) in [6.45, 7) is 3.98. The quantitative estimate of drug-likeness (QED) is 0.517. The van der Waals surface area contributed by atoms with Gasteiger partial charge in [-0.3, -0.25) is 4.79 Å². The first-order valence-corrected chi connectivity index (χ1v) is 6.57. The third-order valence-corrected chi connectivity index (χ3v) is 3.11. The number of nitrogens with zero attached hydrogens (tertiary/aromatic N) is 1. The van der Waals surface area contributed by atoms with Crippen molar-refractivity contribution in [3.8, 4) is 12.3 Å². The van der Waals surface area contributed by atoms with Crippen molar-refractivity contribution in [2.24, 2.45) is 0 Å². The summed E-state index contributed by atoms with van der Waals surface area (Å²) < 4.78 is 5.18. The van der Waals surface area contributed by atoms with Gasteiger partial charge in [-0.25, -0.2) is 0 Å². The van der Waals surface area contributed by atoms with Crippen LogP contribution in [0.4, 0.5) is 0 Å². The third kappa shape index (κ3) is 5.40. The Morgan fingerprint density at radius 2 is 2.25 bits per heavy atom. The monoisotopic (exact) mass is 242 g/mol. The van der Waals surface area contributed by atoms with Gasteiger partial charge in [-0.1, -0.05) is 5.92 Å². The van der Waals surface area contributed by atoms with E-state index in [1.807, 2.05) is 4.90 Å². The fraction of sp³-hybridized carbons (Fsp3) is 0.727. The molecule has 1 rings (SSSR count). The van der Waals surface area contributed by atoms with Crippen molar-refractivity contribution >= 4 is 17.7 Å². The number of carbonyl (C=O) groups excluding carboxylic acids is 1. The predicted molar refractivity (Wildman–Crippen MR) is 66.4 cm³/mol. The molecule has 0 aromatic heterocycles. The molecule has 0 radical (unpaired) electrons. The minimum Gasteiger partial charge on any atom is -0.378 e. The predicted octanol–water partition coefficient (Wildman–Crippen LogP) is -0.199. The van der Waals surface area contributed by atoms with Crippen molar-refractivity contribution in [2.75, 3.05) is 50.9 Å². The molecule has 0 aromatic rings. The Bertz CT molecular complexity index is 247. The van der Waals surface area contributed by atoms with Crippen molar-refractivity contribution in [3.05, 3.63) is 0 Å². The normalized spacial score (nSPS) is 15.8. The number of morpholine rings is 1. The summed E-state index contributed by atoms with van der Waals surface area (Å²) >= 11 is 1.70. The van der Waals surface area contributed by atoms with Crippen molar-refractivity contribution in [1.82, 2.24) is 10.2 Å². The molecular formula is C11H18N2O2S. The summed E-state index contributed by atoms with van der Waals surface area (Å²) in [5.74, 6) is 4.40. The molecule has 16 heavy (non-hydrogen) atoms. The first-order valence-electron chi connectivity index (χ1n) is 5.42. The molecule has 0 aromatic carbocycles. The molecule has 0 bridgehead atoms. The number of terminal acetylenes is 1. The van der Waals surface area contributed by atoms with Crippen molar-refractivity contribution in [2.45, 2.75) is 0 Å². The minimum atomic E-state index is 0.158. The van der Waals surface area contributed by atoms with Gasteiger partial charge in [-0.2, -0.15) is 0 Å². The second kappa shape index (κ2) is 8.45. The summed E-state index contributed by atoms with van der Waals surface area (Å²) in [5.41, 5.74) is 0. The fourth-order valence-electron chi connectivity index (χ4n) is 1.40. The molecule has 90 valence electrons. The van der Waals surface area contributed by atoms with Crippen molar-refractivity contribution in [3.63, 3.8) is 0 Å². The maximum Gasteiger partial charge on any atom is 0.236 e. The standard InChI is InChI=1S/C11H18N2O2S/c1-2-8-16-9-3-12-10-11(14)13-4-6-15-7-5-13/h1,12H,3-10H2. The van der Waals surface area contributed by atoms with E-state index in [9.17, 15) is 4.79 Å². The number of rotatable bonds is 6. The van der Waals surface area contributed by atoms with Crippen LogP contribution in [0.2, 0.25) is 0 Å². The smallest absolute Gasteiger partial charge is 0.236 e. The topological polar surface area (TPSA) is 41.6 Å². The number of carbonyl (C=O) groups is 1. The lowest BCUT2D eigenvalue weighted by molar-refractivity contribution is -0.134. The van der Waals surface area contributed by atoms with Crippen LogP contribution in [0, 0.1) is 12.3 Å². The molecule has 0 spiro atoms. The van der Waals surface area contributed by atoms with E-state index >= 15 is 0 Å². The first kappa shape index (κ1) is 13.4. The van der Waals surface area contributed by atoms with E-state index in [2.05, 4.69) is 11.2 Å². The molecule has 0 atom stereocenters. The van der Waals surface area contributed by atoms with Crippen LogP contribution in [0.25, 0.3) is 0 Å². The molecule has 1 heterocycles. The molecule has 5 heteroatoms. The van der Waals surface area contributed by atoms with E-state index in [1.165, 1.54) is 0 Å². The molecule has 1 N–H and O–H groups in total. The second-order valence-electron chi connectivity index (χ2n) is 3.43. The van der Waals surface area contributed by atoms with Crippen molar-refractivity contribution in [1.29, 1.82) is 0 Å². The van der Waals surface area contributed by atoms with Gasteiger partial charge < -0.3 is 15.0 Å². The first-order chi connectivity index (χ1) is 7.84. The highest BCUT2D eigenvalue weighted by Gasteiger charge is 2.15. The Morgan fingerprint density at radius 3 is 2.94 bits per heavy atom. The zero-order chi connectivity index (χ0) is 11.6. The van der Waals surface area contributed by atoms with Gasteiger partial charge in [0.1, 0.15) is 0 Å². The van der Waals surface area contributed by atoms with E-state index in [0.717, 1.165) is 18.1 Å². The molecule has 0 aliphatic carbocycles. The van der Waals surface area contributed by atoms with E-state index in [1.54, 1.807) is 11.8 Å². The maximum absolute atomic E-state index is 11.7. The van der Waals surface area contributed by atoms with Gasteiger partial charge in [0.25, 0.3) is 0 Å². The number of nitrogens with one attached hydrogen (secondary N) is 1. The highest BCUT2D eigenvalue weighted by Crippen LogP contribution is 1.97. The van der Waals surface area contributed by atoms with E-state index in [0.29, 0.717) is 32.8 Å². The van der Waals surface area contributed by atoms with E-state index < -0.39 is 0 Å². The van der Waals surface area contributed by atoms with Gasteiger partial charge in [-0.15, -0.1) is 18.2 Å². The van der Waals surface area contributed by atoms with E-state index in [-0.39, 0.29) is 5.91 Å². The highest BCUT2D eigenvalue weighted by atomic mass is 32.2. The zero-order valence-electron chi connectivity index (χ0n) is 9.41. The maximum atomic E-state index is 11.7. The third-order valence-electron chi connectivity index (χ3n) is 2.25. The van der Waals surface area contributed by atoms with Crippen LogP contribution in [0.15, 0.2) is 0 Å². The van der Waals surface area contributed by atoms with Crippen LogP contribution in [-0.2, 0) is 9.53 Å². The lowest BCUT2D eigenvalue weighted by Crippen LogP contribution is -2.44. The molecule has 1 aliphatic heterocycles. The Labute approximate surface area is 101 Å². The van der Waals surface area contributed by atoms with Gasteiger partial charge in [0.05, 0.1) is 25.5 Å². The molecule has 0 unspecified atom stereocenters. The SMILES string of the molecule is C#CCSCCNCC(=O)N1CCOCC1. The van der Waals surface area contributed by atoms with Gasteiger partial charge in [-0.05, 0) is 0 Å². The number of thioether (sulfide) groups is 1. The summed E-state index contributed by atoms with van der Waals surface area (Å²) in [7, 11) is 0. The summed E-state index contributed by atoms with van der Waals surface area (Å²) in [4.78, 5) is 13.5. The van der Waals surface area contributed by atoms with Gasteiger partial charge in [0, 0.05) is 25.4 Å².